The van der Waals surface area contributed by atoms with Gasteiger partial charge < -0.3 is 10.4 Å². The van der Waals surface area contributed by atoms with Gasteiger partial charge in [0.1, 0.15) is 5.82 Å². The van der Waals surface area contributed by atoms with Crippen molar-refractivity contribution in [2.24, 2.45) is 5.84 Å². The highest BCUT2D eigenvalue weighted by Crippen LogP contribution is 2.14. The van der Waals surface area contributed by atoms with Crippen molar-refractivity contribution in [3.8, 4) is 0 Å². The number of aliphatic hydroxyl groups excluding tert-OH is 1. The molecule has 0 saturated heterocycles. The van der Waals surface area contributed by atoms with Crippen molar-refractivity contribution in [3.05, 3.63) is 11.8 Å². The molecule has 90 valence electrons. The van der Waals surface area contributed by atoms with Gasteiger partial charge in [0, 0.05) is 24.4 Å². The molecule has 1 rings (SSSR count). The number of nitrogens with zero attached hydrogens (tertiary/aromatic N) is 2. The van der Waals surface area contributed by atoms with Gasteiger partial charge in [0.05, 0.1) is 0 Å². The Bertz CT molecular complexity index is 331. The number of hydrogen-bond donors (Lipinski definition) is 4. The standard InChI is InChI=1S/C10H19N5O/c1-7-6-12-10(15-11)14-9(7)13-8(2)4-3-5-16/h6,8,16H,3-5,11H2,1-2H3,(H2,12,13,14,15). The zero-order chi connectivity index (χ0) is 12.0. The van der Waals surface area contributed by atoms with Gasteiger partial charge in [-0.1, -0.05) is 0 Å². The molecule has 16 heavy (non-hydrogen) atoms. The van der Waals surface area contributed by atoms with E-state index in [9.17, 15) is 0 Å². The van der Waals surface area contributed by atoms with Crippen LogP contribution in [0, 0.1) is 6.92 Å². The Kier molecular flexibility index (Phi) is 4.94. The van der Waals surface area contributed by atoms with Crippen LogP contribution in [0.15, 0.2) is 6.20 Å². The number of rotatable bonds is 6. The van der Waals surface area contributed by atoms with Crippen LogP contribution in [0.4, 0.5) is 11.8 Å². The van der Waals surface area contributed by atoms with E-state index in [1.165, 1.54) is 0 Å². The first-order chi connectivity index (χ1) is 7.67. The summed E-state index contributed by atoms with van der Waals surface area (Å²) in [5.74, 6) is 6.41. The lowest BCUT2D eigenvalue weighted by atomic mass is 10.2. The molecule has 1 aromatic heterocycles. The zero-order valence-corrected chi connectivity index (χ0v) is 9.70. The average Bonchev–Trinajstić information content (AvgIpc) is 2.29. The predicted molar refractivity (Wildman–Crippen MR) is 64.0 cm³/mol. The molecule has 0 aliphatic heterocycles. The van der Waals surface area contributed by atoms with E-state index in [0.29, 0.717) is 5.95 Å². The minimum atomic E-state index is 0.213. The molecule has 6 heteroatoms. The van der Waals surface area contributed by atoms with Gasteiger partial charge in [-0.25, -0.2) is 10.8 Å². The number of anilines is 2. The first-order valence-corrected chi connectivity index (χ1v) is 5.35. The van der Waals surface area contributed by atoms with Crippen LogP contribution < -0.4 is 16.6 Å². The third kappa shape index (κ3) is 3.63. The van der Waals surface area contributed by atoms with E-state index in [2.05, 4.69) is 20.7 Å². The molecular formula is C10H19N5O. The van der Waals surface area contributed by atoms with Crippen molar-refractivity contribution < 1.29 is 5.11 Å². The Morgan fingerprint density at radius 2 is 2.31 bits per heavy atom. The summed E-state index contributed by atoms with van der Waals surface area (Å²) in [6.45, 7) is 4.19. The second-order valence-corrected chi connectivity index (χ2v) is 3.78. The first kappa shape index (κ1) is 12.7. The van der Waals surface area contributed by atoms with Crippen molar-refractivity contribution in [2.75, 3.05) is 17.3 Å². The van der Waals surface area contributed by atoms with E-state index in [4.69, 9.17) is 10.9 Å². The third-order valence-corrected chi connectivity index (χ3v) is 2.28. The van der Waals surface area contributed by atoms with Gasteiger partial charge in [-0.05, 0) is 26.7 Å². The summed E-state index contributed by atoms with van der Waals surface area (Å²) in [5, 5.41) is 12.0. The minimum absolute atomic E-state index is 0.213. The summed E-state index contributed by atoms with van der Waals surface area (Å²) < 4.78 is 0. The number of nitrogen functional groups attached to an aromatic ring is 1. The molecule has 0 aromatic carbocycles. The molecule has 1 atom stereocenters. The molecule has 1 unspecified atom stereocenters. The number of nitrogens with one attached hydrogen (secondary N) is 2. The molecule has 0 fully saturated rings. The summed E-state index contributed by atoms with van der Waals surface area (Å²) in [6, 6.07) is 0.256. The summed E-state index contributed by atoms with van der Waals surface area (Å²) >= 11 is 0. The maximum absolute atomic E-state index is 8.74. The Labute approximate surface area is 95.3 Å². The van der Waals surface area contributed by atoms with Crippen LogP contribution in [-0.2, 0) is 0 Å². The first-order valence-electron chi connectivity index (χ1n) is 5.35. The Morgan fingerprint density at radius 1 is 1.56 bits per heavy atom. The lowest BCUT2D eigenvalue weighted by Gasteiger charge is -2.15. The maximum atomic E-state index is 8.74. The summed E-state index contributed by atoms with van der Waals surface area (Å²) in [7, 11) is 0. The number of aliphatic hydroxyl groups is 1. The van der Waals surface area contributed by atoms with Gasteiger partial charge in [-0.15, -0.1) is 0 Å². The van der Waals surface area contributed by atoms with Crippen LogP contribution in [0.5, 0.6) is 0 Å². The third-order valence-electron chi connectivity index (χ3n) is 2.28. The number of aryl methyl sites for hydroxylation is 1. The summed E-state index contributed by atoms with van der Waals surface area (Å²) in [6.07, 6.45) is 3.38. The van der Waals surface area contributed by atoms with Crippen LogP contribution in [0.25, 0.3) is 0 Å². The van der Waals surface area contributed by atoms with E-state index in [-0.39, 0.29) is 12.6 Å². The van der Waals surface area contributed by atoms with E-state index in [0.717, 1.165) is 24.2 Å². The van der Waals surface area contributed by atoms with Crippen molar-refractivity contribution in [1.82, 2.24) is 9.97 Å². The van der Waals surface area contributed by atoms with E-state index in [1.54, 1.807) is 6.20 Å². The quantitative estimate of drug-likeness (QED) is 0.419. The van der Waals surface area contributed by atoms with Gasteiger partial charge >= 0.3 is 0 Å². The number of aromatic nitrogens is 2. The molecule has 0 aliphatic carbocycles. The highest BCUT2D eigenvalue weighted by atomic mass is 16.2. The summed E-state index contributed by atoms with van der Waals surface area (Å²) in [4.78, 5) is 8.22. The molecule has 6 nitrogen and oxygen atoms in total. The lowest BCUT2D eigenvalue weighted by Crippen LogP contribution is -2.19. The molecule has 0 saturated carbocycles. The van der Waals surface area contributed by atoms with Crippen LogP contribution >= 0.6 is 0 Å². The summed E-state index contributed by atoms with van der Waals surface area (Å²) in [5.41, 5.74) is 3.38. The van der Waals surface area contributed by atoms with Crippen molar-refractivity contribution >= 4 is 11.8 Å². The predicted octanol–water partition coefficient (Wildman–Crippen LogP) is 0.644. The van der Waals surface area contributed by atoms with E-state index < -0.39 is 0 Å². The highest BCUT2D eigenvalue weighted by molar-refractivity contribution is 5.46. The SMILES string of the molecule is Cc1cnc(NN)nc1NC(C)CCCO. The molecule has 1 aromatic rings. The van der Waals surface area contributed by atoms with Crippen molar-refractivity contribution in [2.45, 2.75) is 32.7 Å². The monoisotopic (exact) mass is 225 g/mol. The fourth-order valence-electron chi connectivity index (χ4n) is 1.36. The average molecular weight is 225 g/mol. The van der Waals surface area contributed by atoms with Crippen LogP contribution in [0.2, 0.25) is 0 Å². The molecule has 0 spiro atoms. The molecule has 5 N–H and O–H groups in total. The molecular weight excluding hydrogens is 206 g/mol. The van der Waals surface area contributed by atoms with E-state index >= 15 is 0 Å². The molecule has 0 amide bonds. The normalized spacial score (nSPS) is 12.2. The Hall–Kier alpha value is -1.40. The van der Waals surface area contributed by atoms with Gasteiger partial charge in [-0.3, -0.25) is 5.43 Å². The fourth-order valence-corrected chi connectivity index (χ4v) is 1.36. The van der Waals surface area contributed by atoms with E-state index in [1.807, 2.05) is 13.8 Å². The lowest BCUT2D eigenvalue weighted by molar-refractivity contribution is 0.282. The maximum Gasteiger partial charge on any atom is 0.239 e. The largest absolute Gasteiger partial charge is 0.396 e. The van der Waals surface area contributed by atoms with Gasteiger partial charge in [0.2, 0.25) is 5.95 Å². The molecule has 0 bridgehead atoms. The second-order valence-electron chi connectivity index (χ2n) is 3.78. The smallest absolute Gasteiger partial charge is 0.239 e. The Morgan fingerprint density at radius 3 is 2.94 bits per heavy atom. The molecule has 0 radical (unpaired) electrons. The van der Waals surface area contributed by atoms with Gasteiger partial charge in [-0.2, -0.15) is 4.98 Å². The second kappa shape index (κ2) is 6.24. The van der Waals surface area contributed by atoms with Crippen LogP contribution in [0.1, 0.15) is 25.3 Å². The number of nitrogens with two attached hydrogens (primary N) is 1. The van der Waals surface area contributed by atoms with Gasteiger partial charge in [0.15, 0.2) is 0 Å². The van der Waals surface area contributed by atoms with Crippen LogP contribution in [0.3, 0.4) is 0 Å². The fraction of sp³-hybridized carbons (Fsp3) is 0.600. The molecule has 1 heterocycles. The topological polar surface area (TPSA) is 96.1 Å². The number of hydrazine groups is 1. The van der Waals surface area contributed by atoms with Crippen molar-refractivity contribution in [3.63, 3.8) is 0 Å². The highest BCUT2D eigenvalue weighted by Gasteiger charge is 2.06. The Balaban J connectivity index is 2.64. The molecule has 0 aliphatic rings. The van der Waals surface area contributed by atoms with Crippen LogP contribution in [-0.4, -0.2) is 27.7 Å². The number of hydrogen-bond acceptors (Lipinski definition) is 6. The van der Waals surface area contributed by atoms with Crippen molar-refractivity contribution in [1.29, 1.82) is 0 Å². The van der Waals surface area contributed by atoms with Gasteiger partial charge in [0.25, 0.3) is 0 Å². The minimum Gasteiger partial charge on any atom is -0.396 e. The zero-order valence-electron chi connectivity index (χ0n) is 9.70.